The maximum absolute atomic E-state index is 5.54. The number of aromatic nitrogens is 1. The van der Waals surface area contributed by atoms with E-state index < -0.39 is 0 Å². The summed E-state index contributed by atoms with van der Waals surface area (Å²) in [7, 11) is 0. The van der Waals surface area contributed by atoms with Crippen LogP contribution in [-0.4, -0.2) is 4.98 Å². The van der Waals surface area contributed by atoms with Gasteiger partial charge in [0.15, 0.2) is 0 Å². The van der Waals surface area contributed by atoms with E-state index in [2.05, 4.69) is 11.6 Å². The summed E-state index contributed by atoms with van der Waals surface area (Å²) in [4.78, 5) is 4.15. The van der Waals surface area contributed by atoms with Crippen LogP contribution in [0.2, 0.25) is 0 Å². The smallest absolute Gasteiger partial charge is 0.145 e. The van der Waals surface area contributed by atoms with Crippen molar-refractivity contribution in [1.82, 2.24) is 4.98 Å². The van der Waals surface area contributed by atoms with Crippen LogP contribution in [0.5, 0.6) is 5.75 Å². The summed E-state index contributed by atoms with van der Waals surface area (Å²) in [5.41, 5.74) is 0.751. The summed E-state index contributed by atoms with van der Waals surface area (Å²) < 4.78 is 5.54. The molecule has 0 unspecified atom stereocenters. The number of rotatable bonds is 3. The number of hydrogen-bond acceptors (Lipinski definition) is 2. The molecule has 0 spiro atoms. The molecule has 1 aromatic carbocycles. The Bertz CT molecular complexity index is 437. The van der Waals surface area contributed by atoms with Crippen molar-refractivity contribution in [3.8, 4) is 5.75 Å². The van der Waals surface area contributed by atoms with Crippen LogP contribution in [0.4, 0.5) is 0 Å². The van der Waals surface area contributed by atoms with E-state index in [-0.39, 0.29) is 0 Å². The van der Waals surface area contributed by atoms with Gasteiger partial charge in [-0.3, -0.25) is 4.98 Å². The summed E-state index contributed by atoms with van der Waals surface area (Å²) in [5.74, 6) is 1.33. The van der Waals surface area contributed by atoms with Crippen molar-refractivity contribution >= 4 is 5.76 Å². The number of ether oxygens (including phenoxy) is 1. The molecule has 0 bridgehead atoms. The molecule has 0 radical (unpaired) electrons. The van der Waals surface area contributed by atoms with Crippen LogP contribution >= 0.6 is 0 Å². The van der Waals surface area contributed by atoms with E-state index in [9.17, 15) is 0 Å². The van der Waals surface area contributed by atoms with Crippen LogP contribution in [0.1, 0.15) is 5.69 Å². The lowest BCUT2D eigenvalue weighted by molar-refractivity contribution is 0.514. The van der Waals surface area contributed by atoms with Gasteiger partial charge in [0.25, 0.3) is 0 Å². The lowest BCUT2D eigenvalue weighted by Gasteiger charge is -2.07. The first-order chi connectivity index (χ1) is 7.36. The topological polar surface area (TPSA) is 22.1 Å². The maximum atomic E-state index is 5.54. The molecule has 0 aliphatic heterocycles. The molecule has 0 saturated carbocycles. The van der Waals surface area contributed by atoms with Gasteiger partial charge in [-0.2, -0.15) is 0 Å². The molecule has 1 heterocycles. The van der Waals surface area contributed by atoms with Gasteiger partial charge in [-0.05, 0) is 24.3 Å². The fraction of sp³-hybridized carbons (Fsp3) is 0. The number of nitrogens with zero attached hydrogens (tertiary/aromatic N) is 1. The molecule has 0 N–H and O–H groups in total. The third-order valence-corrected chi connectivity index (χ3v) is 1.93. The van der Waals surface area contributed by atoms with Crippen LogP contribution in [-0.2, 0) is 0 Å². The number of pyridine rings is 1. The highest BCUT2D eigenvalue weighted by atomic mass is 16.5. The molecule has 0 aliphatic rings. The average Bonchev–Trinajstić information content (AvgIpc) is 2.31. The normalized spacial score (nSPS) is 9.60. The molecule has 2 rings (SSSR count). The average molecular weight is 197 g/mol. The first-order valence-electron chi connectivity index (χ1n) is 4.69. The van der Waals surface area contributed by atoms with Crippen LogP contribution in [0.25, 0.3) is 5.76 Å². The van der Waals surface area contributed by atoms with Gasteiger partial charge < -0.3 is 4.74 Å². The molecule has 2 aromatic rings. The van der Waals surface area contributed by atoms with Crippen molar-refractivity contribution in [2.75, 3.05) is 0 Å². The van der Waals surface area contributed by atoms with Crippen LogP contribution in [0.3, 0.4) is 0 Å². The zero-order valence-electron chi connectivity index (χ0n) is 8.26. The highest BCUT2D eigenvalue weighted by molar-refractivity contribution is 5.55. The highest BCUT2D eigenvalue weighted by Crippen LogP contribution is 2.17. The molecule has 1 aromatic heterocycles. The van der Waals surface area contributed by atoms with Gasteiger partial charge >= 0.3 is 0 Å². The summed E-state index contributed by atoms with van der Waals surface area (Å²) in [6, 6.07) is 15.2. The summed E-state index contributed by atoms with van der Waals surface area (Å²) in [6.07, 6.45) is 1.72. The largest absolute Gasteiger partial charge is 0.456 e. The minimum Gasteiger partial charge on any atom is -0.456 e. The van der Waals surface area contributed by atoms with E-state index in [0.29, 0.717) is 5.76 Å². The highest BCUT2D eigenvalue weighted by Gasteiger charge is 2.01. The monoisotopic (exact) mass is 197 g/mol. The first-order valence-corrected chi connectivity index (χ1v) is 4.69. The minimum absolute atomic E-state index is 0.557. The van der Waals surface area contributed by atoms with E-state index in [4.69, 9.17) is 4.74 Å². The Labute approximate surface area is 88.9 Å². The zero-order chi connectivity index (χ0) is 10.5. The second kappa shape index (κ2) is 4.42. The number of para-hydroxylation sites is 1. The molecule has 15 heavy (non-hydrogen) atoms. The van der Waals surface area contributed by atoms with Gasteiger partial charge in [0, 0.05) is 6.20 Å². The quantitative estimate of drug-likeness (QED) is 0.705. The van der Waals surface area contributed by atoms with Crippen LogP contribution < -0.4 is 4.74 Å². The lowest BCUT2D eigenvalue weighted by Crippen LogP contribution is -1.95. The van der Waals surface area contributed by atoms with Crippen molar-refractivity contribution in [1.29, 1.82) is 0 Å². The molecular weight excluding hydrogens is 186 g/mol. The molecular formula is C13H11NO. The third-order valence-electron chi connectivity index (χ3n) is 1.93. The van der Waals surface area contributed by atoms with Gasteiger partial charge in [-0.15, -0.1) is 0 Å². The van der Waals surface area contributed by atoms with E-state index in [1.165, 1.54) is 0 Å². The second-order valence-electron chi connectivity index (χ2n) is 3.05. The number of hydrogen-bond donors (Lipinski definition) is 0. The molecule has 2 nitrogen and oxygen atoms in total. The summed E-state index contributed by atoms with van der Waals surface area (Å²) in [5, 5.41) is 0. The molecule has 0 atom stereocenters. The minimum atomic E-state index is 0.557. The molecule has 0 aliphatic carbocycles. The third kappa shape index (κ3) is 2.44. The van der Waals surface area contributed by atoms with Gasteiger partial charge in [-0.25, -0.2) is 0 Å². The van der Waals surface area contributed by atoms with E-state index >= 15 is 0 Å². The first kappa shape index (κ1) is 9.46. The van der Waals surface area contributed by atoms with Crippen molar-refractivity contribution < 1.29 is 4.74 Å². The molecule has 2 heteroatoms. The van der Waals surface area contributed by atoms with E-state index in [0.717, 1.165) is 11.4 Å². The Morgan fingerprint density at radius 3 is 2.40 bits per heavy atom. The van der Waals surface area contributed by atoms with Crippen LogP contribution in [0, 0.1) is 0 Å². The fourth-order valence-electron chi connectivity index (χ4n) is 1.21. The summed E-state index contributed by atoms with van der Waals surface area (Å²) >= 11 is 0. The van der Waals surface area contributed by atoms with Crippen molar-refractivity contribution in [3.63, 3.8) is 0 Å². The van der Waals surface area contributed by atoms with Crippen LogP contribution in [0.15, 0.2) is 61.3 Å². The molecule has 0 saturated heterocycles. The second-order valence-corrected chi connectivity index (χ2v) is 3.05. The summed E-state index contributed by atoms with van der Waals surface area (Å²) in [6.45, 7) is 3.84. The molecule has 0 amide bonds. The van der Waals surface area contributed by atoms with Gasteiger partial charge in [0.05, 0.1) is 0 Å². The van der Waals surface area contributed by atoms with Gasteiger partial charge in [0.2, 0.25) is 0 Å². The van der Waals surface area contributed by atoms with Crippen molar-refractivity contribution in [3.05, 3.63) is 67.0 Å². The zero-order valence-corrected chi connectivity index (χ0v) is 8.26. The molecule has 74 valence electrons. The molecule has 0 fully saturated rings. The Hall–Kier alpha value is -2.09. The Balaban J connectivity index is 2.12. The maximum Gasteiger partial charge on any atom is 0.145 e. The van der Waals surface area contributed by atoms with Crippen molar-refractivity contribution in [2.24, 2.45) is 0 Å². The standard InChI is InChI=1S/C13H11NO/c1-11(13-9-5-6-10-14-13)15-12-7-3-2-4-8-12/h2-10H,1H2. The number of benzene rings is 1. The predicted octanol–water partition coefficient (Wildman–Crippen LogP) is 3.13. The Kier molecular flexibility index (Phi) is 2.79. The SMILES string of the molecule is C=C(Oc1ccccc1)c1ccccn1. The van der Waals surface area contributed by atoms with Gasteiger partial charge in [0.1, 0.15) is 17.2 Å². The van der Waals surface area contributed by atoms with E-state index in [1.807, 2.05) is 48.5 Å². The Morgan fingerprint density at radius 1 is 1.00 bits per heavy atom. The lowest BCUT2D eigenvalue weighted by atomic mass is 10.3. The Morgan fingerprint density at radius 2 is 1.73 bits per heavy atom. The fourth-order valence-corrected chi connectivity index (χ4v) is 1.21. The predicted molar refractivity (Wildman–Crippen MR) is 60.3 cm³/mol. The van der Waals surface area contributed by atoms with Crippen molar-refractivity contribution in [2.45, 2.75) is 0 Å². The van der Waals surface area contributed by atoms with Gasteiger partial charge in [-0.1, -0.05) is 30.8 Å². The van der Waals surface area contributed by atoms with E-state index in [1.54, 1.807) is 6.20 Å².